The van der Waals surface area contributed by atoms with Crippen molar-refractivity contribution in [1.29, 1.82) is 0 Å². The Balaban J connectivity index is 1.31. The van der Waals surface area contributed by atoms with Crippen molar-refractivity contribution in [2.24, 2.45) is 0 Å². The van der Waals surface area contributed by atoms with E-state index in [0.29, 0.717) is 25.4 Å². The van der Waals surface area contributed by atoms with Crippen LogP contribution in [-0.4, -0.2) is 107 Å². The minimum Gasteiger partial charge on any atom is -0.491 e. The molecular weight excluding hydrogens is 560 g/mol. The molecule has 44 heavy (non-hydrogen) atoms. The highest BCUT2D eigenvalue weighted by atomic mass is 16.5. The van der Waals surface area contributed by atoms with Crippen molar-refractivity contribution in [3.63, 3.8) is 0 Å². The normalized spacial score (nSPS) is 23.8. The molecule has 0 spiro atoms. The zero-order chi connectivity index (χ0) is 30.6. The van der Waals surface area contributed by atoms with Crippen molar-refractivity contribution in [2.75, 3.05) is 45.9 Å². The standard InChI is InChI=1S/C33H40N6O5/c1-2-37-14-16-38(17-15-37)32(42)28-19-30(40)35-27(18-22-20-34-26-11-5-3-9-24(22)26)33(43)39-13-7-8-23(39)21-44-29-12-6-4-10-25(29)31(41)36-28/h3-6,9-12,20,23,27-28,34H,2,7-8,13-19,21H2,1H3,(H,35,40)(H,36,41)/t23-,27+,28+/m1/s1. The fourth-order valence-corrected chi connectivity index (χ4v) is 6.57. The number of fused-ring (bicyclic) bond motifs is 3. The first-order valence-corrected chi connectivity index (χ1v) is 15.6. The summed E-state index contributed by atoms with van der Waals surface area (Å²) in [5.74, 6) is -1.06. The van der Waals surface area contributed by atoms with Crippen LogP contribution < -0.4 is 15.4 Å². The molecule has 4 amide bonds. The number of ether oxygens (including phenoxy) is 1. The third kappa shape index (κ3) is 6.28. The number of hydrogen-bond donors (Lipinski definition) is 3. The highest BCUT2D eigenvalue weighted by molar-refractivity contribution is 6.01. The van der Waals surface area contributed by atoms with Crippen LogP contribution in [0.15, 0.2) is 54.7 Å². The van der Waals surface area contributed by atoms with Gasteiger partial charge in [-0.1, -0.05) is 37.3 Å². The van der Waals surface area contributed by atoms with E-state index >= 15 is 0 Å². The number of carbonyl (C=O) groups is 4. The van der Waals surface area contributed by atoms with Gasteiger partial charge in [-0.3, -0.25) is 19.2 Å². The van der Waals surface area contributed by atoms with Crippen LogP contribution in [0.3, 0.4) is 0 Å². The number of para-hydroxylation sites is 2. The van der Waals surface area contributed by atoms with Crippen LogP contribution in [0.25, 0.3) is 10.9 Å². The Hall–Kier alpha value is -4.38. The summed E-state index contributed by atoms with van der Waals surface area (Å²) in [6.07, 6.45) is 3.45. The lowest BCUT2D eigenvalue weighted by Gasteiger charge is -2.36. The molecule has 2 fully saturated rings. The smallest absolute Gasteiger partial charge is 0.255 e. The third-order valence-corrected chi connectivity index (χ3v) is 9.08. The Morgan fingerprint density at radius 2 is 1.73 bits per heavy atom. The number of aromatic amines is 1. The van der Waals surface area contributed by atoms with Crippen molar-refractivity contribution < 1.29 is 23.9 Å². The highest BCUT2D eigenvalue weighted by Gasteiger charge is 2.37. The number of amides is 4. The molecule has 0 unspecified atom stereocenters. The summed E-state index contributed by atoms with van der Waals surface area (Å²) in [7, 11) is 0. The van der Waals surface area contributed by atoms with Gasteiger partial charge >= 0.3 is 0 Å². The van der Waals surface area contributed by atoms with Crippen molar-refractivity contribution in [3.05, 3.63) is 65.9 Å². The van der Waals surface area contributed by atoms with E-state index in [1.165, 1.54) is 0 Å². The van der Waals surface area contributed by atoms with E-state index in [-0.39, 0.29) is 42.9 Å². The quantitative estimate of drug-likeness (QED) is 0.420. The van der Waals surface area contributed by atoms with Gasteiger partial charge in [0.05, 0.1) is 18.0 Å². The van der Waals surface area contributed by atoms with Crippen LogP contribution in [0.4, 0.5) is 0 Å². The first kappa shape index (κ1) is 29.7. The topological polar surface area (TPSA) is 127 Å². The van der Waals surface area contributed by atoms with Gasteiger partial charge in [-0.05, 0) is 43.1 Å². The third-order valence-electron chi connectivity index (χ3n) is 9.08. The average Bonchev–Trinajstić information content (AvgIpc) is 3.69. The van der Waals surface area contributed by atoms with Crippen LogP contribution >= 0.6 is 0 Å². The van der Waals surface area contributed by atoms with Crippen LogP contribution in [0.5, 0.6) is 5.75 Å². The molecule has 3 atom stereocenters. The molecule has 11 heteroatoms. The summed E-state index contributed by atoms with van der Waals surface area (Å²) in [6, 6.07) is 12.6. The first-order valence-electron chi connectivity index (χ1n) is 15.6. The van der Waals surface area contributed by atoms with E-state index in [9.17, 15) is 19.2 Å². The van der Waals surface area contributed by atoms with Crippen LogP contribution in [-0.2, 0) is 20.8 Å². The van der Waals surface area contributed by atoms with Gasteiger partial charge < -0.3 is 35.1 Å². The second kappa shape index (κ2) is 13.1. The predicted octanol–water partition coefficient (Wildman–Crippen LogP) is 1.93. The van der Waals surface area contributed by atoms with Gasteiger partial charge in [0.25, 0.3) is 5.91 Å². The summed E-state index contributed by atoms with van der Waals surface area (Å²) in [5, 5.41) is 6.78. The molecule has 2 saturated heterocycles. The molecule has 0 bridgehead atoms. The van der Waals surface area contributed by atoms with Crippen molar-refractivity contribution in [1.82, 2.24) is 30.3 Å². The molecule has 0 aliphatic carbocycles. The van der Waals surface area contributed by atoms with Gasteiger partial charge in [0.15, 0.2) is 0 Å². The van der Waals surface area contributed by atoms with E-state index in [0.717, 1.165) is 48.9 Å². The van der Waals surface area contributed by atoms with Gasteiger partial charge in [0, 0.05) is 56.2 Å². The predicted molar refractivity (Wildman–Crippen MR) is 165 cm³/mol. The van der Waals surface area contributed by atoms with E-state index < -0.39 is 23.9 Å². The van der Waals surface area contributed by atoms with E-state index in [1.807, 2.05) is 30.5 Å². The average molecular weight is 601 g/mol. The first-order chi connectivity index (χ1) is 21.4. The Labute approximate surface area is 256 Å². The minimum atomic E-state index is -1.10. The molecule has 3 N–H and O–H groups in total. The molecule has 3 aliphatic heterocycles. The Kier molecular flexibility index (Phi) is 8.83. The molecule has 3 aliphatic rings. The summed E-state index contributed by atoms with van der Waals surface area (Å²) >= 11 is 0. The monoisotopic (exact) mass is 600 g/mol. The number of nitrogens with one attached hydrogen (secondary N) is 3. The summed E-state index contributed by atoms with van der Waals surface area (Å²) in [6.45, 7) is 6.22. The van der Waals surface area contributed by atoms with Gasteiger partial charge in [-0.25, -0.2) is 0 Å². The number of hydrogen-bond acceptors (Lipinski definition) is 6. The van der Waals surface area contributed by atoms with Crippen molar-refractivity contribution >= 4 is 34.5 Å². The Bertz CT molecular complexity index is 1530. The zero-order valence-corrected chi connectivity index (χ0v) is 25.1. The number of aromatic nitrogens is 1. The fraction of sp³-hybridized carbons (Fsp3) is 0.455. The number of likely N-dealkylation sites (N-methyl/N-ethyl adjacent to an activating group) is 1. The second-order valence-electron chi connectivity index (χ2n) is 11.8. The van der Waals surface area contributed by atoms with Crippen molar-refractivity contribution in [3.8, 4) is 5.75 Å². The molecule has 4 heterocycles. The maximum Gasteiger partial charge on any atom is 0.255 e. The summed E-state index contributed by atoms with van der Waals surface area (Å²) in [4.78, 5) is 64.2. The Morgan fingerprint density at radius 1 is 0.955 bits per heavy atom. The minimum absolute atomic E-state index is 0.178. The SMILES string of the molecule is CCN1CCN(C(=O)[C@@H]2CC(=O)N[C@@H](Cc3c[nH]c4ccccc34)C(=O)N3CCC[C@@H]3COc3ccccc3C(=O)N2)CC1. The maximum atomic E-state index is 14.1. The molecule has 3 aromatic rings. The lowest BCUT2D eigenvalue weighted by Crippen LogP contribution is -2.57. The molecular formula is C33H40N6O5. The highest BCUT2D eigenvalue weighted by Crippen LogP contribution is 2.25. The Morgan fingerprint density at radius 3 is 2.55 bits per heavy atom. The number of carbonyl (C=O) groups excluding carboxylic acids is 4. The zero-order valence-electron chi connectivity index (χ0n) is 25.1. The molecule has 11 nitrogen and oxygen atoms in total. The van der Waals surface area contributed by atoms with Crippen LogP contribution in [0.2, 0.25) is 0 Å². The largest absolute Gasteiger partial charge is 0.491 e. The molecule has 1 aromatic heterocycles. The number of rotatable bonds is 4. The van der Waals surface area contributed by atoms with E-state index in [1.54, 1.807) is 34.1 Å². The van der Waals surface area contributed by atoms with E-state index in [2.05, 4.69) is 27.4 Å². The van der Waals surface area contributed by atoms with Gasteiger partial charge in [-0.2, -0.15) is 0 Å². The number of benzene rings is 2. The van der Waals surface area contributed by atoms with Gasteiger partial charge in [0.2, 0.25) is 17.7 Å². The molecule has 2 aromatic carbocycles. The number of nitrogens with zero attached hydrogens (tertiary/aromatic N) is 3. The lowest BCUT2D eigenvalue weighted by molar-refractivity contribution is -0.139. The summed E-state index contributed by atoms with van der Waals surface area (Å²) in [5.41, 5.74) is 2.15. The molecule has 232 valence electrons. The molecule has 6 rings (SSSR count). The van der Waals surface area contributed by atoms with Crippen molar-refractivity contribution in [2.45, 2.75) is 50.7 Å². The lowest BCUT2D eigenvalue weighted by atomic mass is 10.0. The van der Waals surface area contributed by atoms with Gasteiger partial charge in [0.1, 0.15) is 24.4 Å². The maximum absolute atomic E-state index is 14.1. The number of piperazine rings is 1. The second-order valence-corrected chi connectivity index (χ2v) is 11.8. The summed E-state index contributed by atoms with van der Waals surface area (Å²) < 4.78 is 6.17. The van der Waals surface area contributed by atoms with Crippen LogP contribution in [0.1, 0.15) is 42.1 Å². The van der Waals surface area contributed by atoms with Gasteiger partial charge in [-0.15, -0.1) is 0 Å². The molecule has 0 saturated carbocycles. The molecule has 0 radical (unpaired) electrons. The van der Waals surface area contributed by atoms with E-state index in [4.69, 9.17) is 4.74 Å². The number of H-pyrrole nitrogens is 1. The van der Waals surface area contributed by atoms with Crippen LogP contribution in [0, 0.1) is 0 Å². The fourth-order valence-electron chi connectivity index (χ4n) is 6.57.